The summed E-state index contributed by atoms with van der Waals surface area (Å²) >= 11 is 0. The minimum atomic E-state index is -1.01. The Morgan fingerprint density at radius 2 is 1.50 bits per heavy atom. The van der Waals surface area contributed by atoms with E-state index in [2.05, 4.69) is 13.8 Å². The van der Waals surface area contributed by atoms with Crippen LogP contribution >= 0.6 is 0 Å². The van der Waals surface area contributed by atoms with Gasteiger partial charge in [0.2, 0.25) is 0 Å². The van der Waals surface area contributed by atoms with Gasteiger partial charge in [-0.15, -0.1) is 0 Å². The predicted molar refractivity (Wildman–Crippen MR) is 67.9 cm³/mol. The molecule has 1 fully saturated rings. The number of rotatable bonds is 7. The highest BCUT2D eigenvalue weighted by molar-refractivity contribution is 6.03. The molecule has 0 N–H and O–H groups in total. The molecule has 0 aromatic heterocycles. The largest absolute Gasteiger partial charge is 0.465 e. The van der Waals surface area contributed by atoms with E-state index in [9.17, 15) is 9.59 Å². The second-order valence-corrected chi connectivity index (χ2v) is 4.80. The van der Waals surface area contributed by atoms with Crippen LogP contribution in [0.3, 0.4) is 0 Å². The molecule has 1 atom stereocenters. The number of ether oxygens (including phenoxy) is 2. The molecule has 0 aliphatic heterocycles. The molecule has 18 heavy (non-hydrogen) atoms. The van der Waals surface area contributed by atoms with Crippen molar-refractivity contribution in [3.63, 3.8) is 0 Å². The molecule has 0 spiro atoms. The molecule has 1 saturated carbocycles. The monoisotopic (exact) mass is 256 g/mol. The molecule has 1 aliphatic carbocycles. The summed E-state index contributed by atoms with van der Waals surface area (Å²) in [6.45, 7) is 8.29. The van der Waals surface area contributed by atoms with Crippen molar-refractivity contribution in [2.24, 2.45) is 17.3 Å². The zero-order valence-corrected chi connectivity index (χ0v) is 11.8. The van der Waals surface area contributed by atoms with Crippen LogP contribution in [0.4, 0.5) is 0 Å². The van der Waals surface area contributed by atoms with Gasteiger partial charge in [-0.1, -0.05) is 26.7 Å². The first-order chi connectivity index (χ1) is 8.58. The third kappa shape index (κ3) is 2.52. The van der Waals surface area contributed by atoms with E-state index in [0.717, 1.165) is 12.8 Å². The zero-order chi connectivity index (χ0) is 13.8. The fourth-order valence-electron chi connectivity index (χ4n) is 2.79. The van der Waals surface area contributed by atoms with Gasteiger partial charge in [-0.05, 0) is 32.1 Å². The van der Waals surface area contributed by atoms with E-state index in [0.29, 0.717) is 25.6 Å². The molecule has 104 valence electrons. The predicted octanol–water partition coefficient (Wildman–Crippen LogP) is 2.56. The Morgan fingerprint density at radius 1 is 1.06 bits per heavy atom. The van der Waals surface area contributed by atoms with Crippen molar-refractivity contribution in [2.75, 3.05) is 13.2 Å². The Kier molecular flexibility index (Phi) is 5.17. The van der Waals surface area contributed by atoms with Gasteiger partial charge in [-0.25, -0.2) is 0 Å². The van der Waals surface area contributed by atoms with Crippen molar-refractivity contribution in [3.05, 3.63) is 0 Å². The Morgan fingerprint density at radius 3 is 1.83 bits per heavy atom. The van der Waals surface area contributed by atoms with Crippen molar-refractivity contribution < 1.29 is 19.1 Å². The smallest absolute Gasteiger partial charge is 0.323 e. The number of hydrogen-bond donors (Lipinski definition) is 0. The maximum absolute atomic E-state index is 12.1. The first kappa shape index (κ1) is 15.0. The van der Waals surface area contributed by atoms with Crippen LogP contribution in [0.15, 0.2) is 0 Å². The molecular formula is C14H24O4. The first-order valence-corrected chi connectivity index (χ1v) is 6.92. The molecule has 0 aromatic carbocycles. The fourth-order valence-corrected chi connectivity index (χ4v) is 2.79. The van der Waals surface area contributed by atoms with E-state index in [1.807, 2.05) is 0 Å². The average Bonchev–Trinajstić information content (AvgIpc) is 3.08. The van der Waals surface area contributed by atoms with E-state index in [4.69, 9.17) is 9.47 Å². The number of carbonyl (C=O) groups is 2. The van der Waals surface area contributed by atoms with Crippen LogP contribution < -0.4 is 0 Å². The quantitative estimate of drug-likeness (QED) is 0.519. The minimum absolute atomic E-state index is 0.0885. The molecule has 0 amide bonds. The van der Waals surface area contributed by atoms with Crippen LogP contribution in [-0.4, -0.2) is 25.2 Å². The number of esters is 2. The van der Waals surface area contributed by atoms with Crippen molar-refractivity contribution in [1.82, 2.24) is 0 Å². The van der Waals surface area contributed by atoms with Gasteiger partial charge < -0.3 is 9.47 Å². The molecule has 0 saturated heterocycles. The van der Waals surface area contributed by atoms with Gasteiger partial charge in [-0.3, -0.25) is 9.59 Å². The van der Waals surface area contributed by atoms with Crippen molar-refractivity contribution >= 4 is 11.9 Å². The second-order valence-electron chi connectivity index (χ2n) is 4.80. The van der Waals surface area contributed by atoms with Gasteiger partial charge in [0.1, 0.15) is 0 Å². The van der Waals surface area contributed by atoms with Crippen molar-refractivity contribution in [1.29, 1.82) is 0 Å². The van der Waals surface area contributed by atoms with Gasteiger partial charge in [-0.2, -0.15) is 0 Å². The summed E-state index contributed by atoms with van der Waals surface area (Å²) in [5, 5.41) is 0. The van der Waals surface area contributed by atoms with Gasteiger partial charge in [0.15, 0.2) is 5.41 Å². The molecule has 0 heterocycles. The third-order valence-corrected chi connectivity index (χ3v) is 3.91. The SMILES string of the molecule is CCOC(=O)C1(C(=O)OCC)CC1C(CC)CC. The van der Waals surface area contributed by atoms with Crippen LogP contribution in [0.5, 0.6) is 0 Å². The summed E-state index contributed by atoms with van der Waals surface area (Å²) in [5.41, 5.74) is -1.01. The summed E-state index contributed by atoms with van der Waals surface area (Å²) in [7, 11) is 0. The maximum Gasteiger partial charge on any atom is 0.323 e. The topological polar surface area (TPSA) is 52.6 Å². The van der Waals surface area contributed by atoms with Crippen molar-refractivity contribution in [2.45, 2.75) is 47.0 Å². The Hall–Kier alpha value is -1.06. The molecule has 0 aromatic rings. The summed E-state index contributed by atoms with van der Waals surface area (Å²) in [4.78, 5) is 24.1. The highest BCUT2D eigenvalue weighted by atomic mass is 16.6. The average molecular weight is 256 g/mol. The minimum Gasteiger partial charge on any atom is -0.465 e. The molecule has 1 rings (SSSR count). The standard InChI is InChI=1S/C14H24O4/c1-5-10(6-2)11-9-14(11,12(15)17-7-3)13(16)18-8-4/h10-11H,5-9H2,1-4H3. The van der Waals surface area contributed by atoms with Gasteiger partial charge >= 0.3 is 11.9 Å². The second kappa shape index (κ2) is 6.21. The highest BCUT2D eigenvalue weighted by Crippen LogP contribution is 2.59. The van der Waals surface area contributed by atoms with Crippen LogP contribution in [0, 0.1) is 17.3 Å². The lowest BCUT2D eigenvalue weighted by molar-refractivity contribution is -0.165. The van der Waals surface area contributed by atoms with Crippen LogP contribution in [0.25, 0.3) is 0 Å². The lowest BCUT2D eigenvalue weighted by atomic mass is 9.90. The van der Waals surface area contributed by atoms with Crippen LogP contribution in [0.2, 0.25) is 0 Å². The van der Waals surface area contributed by atoms with Crippen molar-refractivity contribution in [3.8, 4) is 0 Å². The molecule has 4 heteroatoms. The van der Waals surface area contributed by atoms with Crippen LogP contribution in [-0.2, 0) is 19.1 Å². The number of hydrogen-bond acceptors (Lipinski definition) is 4. The fraction of sp³-hybridized carbons (Fsp3) is 0.857. The summed E-state index contributed by atoms with van der Waals surface area (Å²) in [6.07, 6.45) is 2.53. The van der Waals surface area contributed by atoms with E-state index < -0.39 is 17.4 Å². The maximum atomic E-state index is 12.1. The lowest BCUT2D eigenvalue weighted by Crippen LogP contribution is -2.33. The Balaban J connectivity index is 2.86. The number of carbonyl (C=O) groups excluding carboxylic acids is 2. The van der Waals surface area contributed by atoms with Gasteiger partial charge in [0.25, 0.3) is 0 Å². The molecule has 1 aliphatic rings. The van der Waals surface area contributed by atoms with Crippen LogP contribution in [0.1, 0.15) is 47.0 Å². The summed E-state index contributed by atoms with van der Waals surface area (Å²) in [5.74, 6) is -0.329. The van der Waals surface area contributed by atoms with E-state index >= 15 is 0 Å². The van der Waals surface area contributed by atoms with E-state index in [-0.39, 0.29) is 5.92 Å². The molecule has 4 nitrogen and oxygen atoms in total. The molecule has 0 radical (unpaired) electrons. The zero-order valence-electron chi connectivity index (χ0n) is 11.8. The third-order valence-electron chi connectivity index (χ3n) is 3.91. The summed E-state index contributed by atoms with van der Waals surface area (Å²) in [6, 6.07) is 0. The molecule has 1 unspecified atom stereocenters. The van der Waals surface area contributed by atoms with E-state index in [1.165, 1.54) is 0 Å². The Bertz CT molecular complexity index is 289. The van der Waals surface area contributed by atoms with Gasteiger partial charge in [0.05, 0.1) is 13.2 Å². The van der Waals surface area contributed by atoms with E-state index in [1.54, 1.807) is 13.8 Å². The first-order valence-electron chi connectivity index (χ1n) is 6.92. The Labute approximate surface area is 109 Å². The summed E-state index contributed by atoms with van der Waals surface area (Å²) < 4.78 is 10.1. The molecular weight excluding hydrogens is 232 g/mol. The highest BCUT2D eigenvalue weighted by Gasteiger charge is 2.69. The van der Waals surface area contributed by atoms with Gasteiger partial charge in [0, 0.05) is 0 Å². The normalized spacial score (nSPS) is 20.6. The molecule has 0 bridgehead atoms. The lowest BCUT2D eigenvalue weighted by Gasteiger charge is -2.18.